The second-order valence-corrected chi connectivity index (χ2v) is 8.90. The Bertz CT molecular complexity index is 1440. The number of carbonyl (C=O) groups is 1. The lowest BCUT2D eigenvalue weighted by molar-refractivity contribution is 0.0734. The first-order valence-corrected chi connectivity index (χ1v) is 12.1. The van der Waals surface area contributed by atoms with Crippen molar-refractivity contribution in [1.82, 2.24) is 9.13 Å². The van der Waals surface area contributed by atoms with E-state index in [9.17, 15) is 14.7 Å². The average Bonchev–Trinajstić information content (AvgIpc) is 3.10. The first-order valence-electron chi connectivity index (χ1n) is 11.3. The molecule has 0 atom stereocenters. The van der Waals surface area contributed by atoms with Crippen LogP contribution in [-0.2, 0) is 7.05 Å². The third-order valence-corrected chi connectivity index (χ3v) is 6.33. The first-order chi connectivity index (χ1) is 17.3. The summed E-state index contributed by atoms with van der Waals surface area (Å²) >= 11 is 12.1. The topological polar surface area (TPSA) is 82.7 Å². The van der Waals surface area contributed by atoms with Crippen molar-refractivity contribution in [2.45, 2.75) is 19.8 Å². The summed E-state index contributed by atoms with van der Waals surface area (Å²) in [5.41, 5.74) is 1.15. The molecule has 0 radical (unpaired) electrons. The number of hydrogen-bond acceptors (Lipinski definition) is 5. The average molecular weight is 527 g/mol. The number of rotatable bonds is 8. The van der Waals surface area contributed by atoms with Gasteiger partial charge in [-0.3, -0.25) is 4.57 Å². The molecule has 1 N–H and O–H groups in total. The Hall–Kier alpha value is -3.68. The molecule has 186 valence electrons. The lowest BCUT2D eigenvalue weighted by Gasteiger charge is -2.08. The van der Waals surface area contributed by atoms with E-state index in [1.165, 1.54) is 10.6 Å². The Morgan fingerprint density at radius 1 is 0.944 bits per heavy atom. The number of nitrogens with zero attached hydrogens (tertiary/aromatic N) is 2. The van der Waals surface area contributed by atoms with E-state index in [0.717, 1.165) is 17.4 Å². The number of benzene rings is 3. The van der Waals surface area contributed by atoms with E-state index in [4.69, 9.17) is 32.7 Å². The summed E-state index contributed by atoms with van der Waals surface area (Å²) in [6.07, 6.45) is 2.01. The molecule has 0 amide bonds. The van der Waals surface area contributed by atoms with Gasteiger partial charge in [0.25, 0.3) is 0 Å². The number of aromatic nitrogens is 2. The summed E-state index contributed by atoms with van der Waals surface area (Å²) in [4.78, 5) is 25.4. The van der Waals surface area contributed by atoms with Crippen LogP contribution in [0.25, 0.3) is 16.9 Å². The number of hydrogen-bond donors (Lipinski definition) is 1. The van der Waals surface area contributed by atoms with Gasteiger partial charge < -0.3 is 14.6 Å². The second-order valence-electron chi connectivity index (χ2n) is 8.09. The van der Waals surface area contributed by atoms with Crippen LogP contribution in [0.4, 0.5) is 0 Å². The van der Waals surface area contributed by atoms with Crippen LogP contribution in [-0.4, -0.2) is 26.8 Å². The van der Waals surface area contributed by atoms with Gasteiger partial charge in [0.1, 0.15) is 17.2 Å². The molecule has 4 rings (SSSR count). The zero-order valence-corrected chi connectivity index (χ0v) is 21.2. The smallest absolute Gasteiger partial charge is 0.343 e. The van der Waals surface area contributed by atoms with E-state index < -0.39 is 11.7 Å². The van der Waals surface area contributed by atoms with Crippen LogP contribution in [0.1, 0.15) is 30.1 Å². The van der Waals surface area contributed by atoms with Crippen molar-refractivity contribution in [3.05, 3.63) is 92.8 Å². The highest BCUT2D eigenvalue weighted by Crippen LogP contribution is 2.33. The van der Waals surface area contributed by atoms with Gasteiger partial charge in [0.2, 0.25) is 5.88 Å². The van der Waals surface area contributed by atoms with Gasteiger partial charge in [0.15, 0.2) is 0 Å². The fraction of sp³-hybridized carbons (Fsp3) is 0.185. The number of ether oxygens (including phenoxy) is 2. The maximum Gasteiger partial charge on any atom is 0.343 e. The van der Waals surface area contributed by atoms with Crippen LogP contribution in [0.2, 0.25) is 10.0 Å². The number of aromatic hydroxyl groups is 1. The monoisotopic (exact) mass is 526 g/mol. The summed E-state index contributed by atoms with van der Waals surface area (Å²) < 4.78 is 13.5. The van der Waals surface area contributed by atoms with Crippen LogP contribution in [0.5, 0.6) is 17.4 Å². The van der Waals surface area contributed by atoms with Crippen LogP contribution in [0.15, 0.2) is 71.5 Å². The van der Waals surface area contributed by atoms with Gasteiger partial charge in [0, 0.05) is 12.6 Å². The predicted molar refractivity (Wildman–Crippen MR) is 140 cm³/mol. The number of esters is 1. The summed E-state index contributed by atoms with van der Waals surface area (Å²) in [7, 11) is 1.55. The number of carbonyl (C=O) groups excluding carboxylic acids is 1. The molecule has 3 aromatic carbocycles. The van der Waals surface area contributed by atoms with Crippen LogP contribution < -0.4 is 15.2 Å². The van der Waals surface area contributed by atoms with Crippen molar-refractivity contribution < 1.29 is 19.4 Å². The van der Waals surface area contributed by atoms with Crippen LogP contribution in [0, 0.1) is 0 Å². The Kier molecular flexibility index (Phi) is 7.72. The van der Waals surface area contributed by atoms with Crippen molar-refractivity contribution in [1.29, 1.82) is 0 Å². The first kappa shape index (κ1) is 25.4. The molecule has 0 saturated carbocycles. The molecule has 7 nitrogen and oxygen atoms in total. The number of halogens is 2. The van der Waals surface area contributed by atoms with Crippen molar-refractivity contribution in [2.75, 3.05) is 6.61 Å². The molecule has 1 aromatic heterocycles. The fourth-order valence-corrected chi connectivity index (χ4v) is 3.93. The van der Waals surface area contributed by atoms with Crippen molar-refractivity contribution in [2.24, 2.45) is 7.05 Å². The minimum atomic E-state index is -0.510. The lowest BCUT2D eigenvalue weighted by atomic mass is 10.1. The molecule has 0 aliphatic carbocycles. The van der Waals surface area contributed by atoms with Gasteiger partial charge in [-0.2, -0.15) is 0 Å². The van der Waals surface area contributed by atoms with Gasteiger partial charge in [-0.25, -0.2) is 14.2 Å². The zero-order chi connectivity index (χ0) is 25.8. The molecule has 0 fully saturated rings. The van der Waals surface area contributed by atoms with E-state index in [-0.39, 0.29) is 10.9 Å². The van der Waals surface area contributed by atoms with Gasteiger partial charge in [0.05, 0.1) is 27.9 Å². The van der Waals surface area contributed by atoms with Gasteiger partial charge in [-0.1, -0.05) is 36.5 Å². The maximum absolute atomic E-state index is 12.9. The normalized spacial score (nSPS) is 10.9. The number of imidazole rings is 1. The van der Waals surface area contributed by atoms with Gasteiger partial charge in [-0.15, -0.1) is 0 Å². The Morgan fingerprint density at radius 2 is 1.61 bits per heavy atom. The van der Waals surface area contributed by atoms with Crippen LogP contribution in [0.3, 0.4) is 0 Å². The standard InChI is InChI=1S/C27H24Cl2N2O5/c1-3-4-15-35-20-10-7-18(8-11-20)26(33)36-21-12-5-17(6-13-21)24-25(32)31(27(34)30(24)2)19-9-14-22(28)23(29)16-19/h5-14,16,32H,3-4,15H2,1-2H3. The summed E-state index contributed by atoms with van der Waals surface area (Å²) in [5, 5.41) is 11.5. The predicted octanol–water partition coefficient (Wildman–Crippen LogP) is 6.25. The molecule has 1 heterocycles. The third kappa shape index (κ3) is 5.27. The quantitative estimate of drug-likeness (QED) is 0.166. The van der Waals surface area contributed by atoms with Crippen LogP contribution >= 0.6 is 23.2 Å². The molecule has 0 saturated heterocycles. The molecule has 4 aromatic rings. The molecule has 0 aliphatic heterocycles. The third-order valence-electron chi connectivity index (χ3n) is 5.59. The zero-order valence-electron chi connectivity index (χ0n) is 19.7. The van der Waals surface area contributed by atoms with E-state index >= 15 is 0 Å². The molecule has 36 heavy (non-hydrogen) atoms. The molecule has 0 bridgehead atoms. The largest absolute Gasteiger partial charge is 0.494 e. The fourth-order valence-electron chi connectivity index (χ4n) is 3.64. The molecule has 9 heteroatoms. The van der Waals surface area contributed by atoms with Crippen molar-refractivity contribution in [3.8, 4) is 34.3 Å². The lowest BCUT2D eigenvalue weighted by Crippen LogP contribution is -2.21. The van der Waals surface area contributed by atoms with Gasteiger partial charge in [-0.05, 0) is 73.2 Å². The van der Waals surface area contributed by atoms with Crippen molar-refractivity contribution in [3.63, 3.8) is 0 Å². The minimum absolute atomic E-state index is 0.258. The molecule has 0 aliphatic rings. The summed E-state index contributed by atoms with van der Waals surface area (Å²) in [6, 6.07) is 17.9. The number of unbranched alkanes of at least 4 members (excludes halogenated alkanes) is 1. The molecular formula is C27H24Cl2N2O5. The Labute approximate surface area is 218 Å². The van der Waals surface area contributed by atoms with E-state index in [2.05, 4.69) is 6.92 Å². The van der Waals surface area contributed by atoms with Crippen molar-refractivity contribution >= 4 is 29.2 Å². The second kappa shape index (κ2) is 10.9. The molecule has 0 unspecified atom stereocenters. The SMILES string of the molecule is CCCCOc1ccc(C(=O)Oc2ccc(-c3c(O)n(-c4ccc(Cl)c(Cl)c4)c(=O)n3C)cc2)cc1. The molecular weight excluding hydrogens is 503 g/mol. The van der Waals surface area contributed by atoms with E-state index in [0.29, 0.717) is 45.6 Å². The van der Waals surface area contributed by atoms with E-state index in [1.807, 2.05) is 0 Å². The summed E-state index contributed by atoms with van der Waals surface area (Å²) in [6.45, 7) is 2.72. The highest BCUT2D eigenvalue weighted by molar-refractivity contribution is 6.42. The maximum atomic E-state index is 12.9. The summed E-state index contributed by atoms with van der Waals surface area (Å²) in [5.74, 6) is 0.249. The highest BCUT2D eigenvalue weighted by atomic mass is 35.5. The minimum Gasteiger partial charge on any atom is -0.494 e. The molecule has 0 spiro atoms. The van der Waals surface area contributed by atoms with Gasteiger partial charge >= 0.3 is 11.7 Å². The van der Waals surface area contributed by atoms with E-state index in [1.54, 1.807) is 67.7 Å². The Balaban J connectivity index is 1.52. The Morgan fingerprint density at radius 3 is 2.25 bits per heavy atom. The highest BCUT2D eigenvalue weighted by Gasteiger charge is 2.21.